The van der Waals surface area contributed by atoms with E-state index in [0.29, 0.717) is 9.83 Å². The molecule has 0 aliphatic heterocycles. The molecule has 14 heavy (non-hydrogen) atoms. The molecule has 0 aliphatic carbocycles. The van der Waals surface area contributed by atoms with Crippen LogP contribution in [0.2, 0.25) is 0 Å². The van der Waals surface area contributed by atoms with Gasteiger partial charge in [-0.3, -0.25) is 0 Å². The molecule has 0 aromatic carbocycles. The lowest BCUT2D eigenvalue weighted by Gasteiger charge is -2.21. The Balaban J connectivity index is 4.82. The minimum absolute atomic E-state index is 0.511. The molecule has 0 aliphatic rings. The molecular formula is C8H18O3S3. The van der Waals surface area contributed by atoms with Crippen molar-refractivity contribution in [1.29, 1.82) is 0 Å². The minimum Gasteiger partial charge on any atom is -0.246 e. The molecule has 0 aromatic heterocycles. The maximum Gasteiger partial charge on any atom is 0.218 e. The van der Waals surface area contributed by atoms with Crippen LogP contribution < -0.4 is 0 Å². The number of hydrogen-bond acceptors (Lipinski definition) is 4. The quantitative estimate of drug-likeness (QED) is 0.713. The van der Waals surface area contributed by atoms with E-state index in [1.807, 2.05) is 0 Å². The van der Waals surface area contributed by atoms with Crippen LogP contribution in [0.1, 0.15) is 41.5 Å². The second-order valence-corrected chi connectivity index (χ2v) is 12.8. The van der Waals surface area contributed by atoms with E-state index < -0.39 is 28.2 Å². The smallest absolute Gasteiger partial charge is 0.218 e. The van der Waals surface area contributed by atoms with Crippen molar-refractivity contribution in [3.05, 3.63) is 0 Å². The molecule has 0 spiro atoms. The lowest BCUT2D eigenvalue weighted by atomic mass is 10.3. The van der Waals surface area contributed by atoms with Gasteiger partial charge < -0.3 is 0 Å². The highest BCUT2D eigenvalue weighted by Gasteiger charge is 2.35. The molecule has 0 aromatic rings. The highest BCUT2D eigenvalue weighted by atomic mass is 33.5. The van der Waals surface area contributed by atoms with E-state index in [9.17, 15) is 12.6 Å². The second-order valence-electron chi connectivity index (χ2n) is 4.98. The van der Waals surface area contributed by atoms with Crippen LogP contribution in [0.3, 0.4) is 0 Å². The molecule has 3 nitrogen and oxygen atoms in total. The lowest BCUT2D eigenvalue weighted by Crippen LogP contribution is -2.28. The molecule has 0 fully saturated rings. The molecule has 0 heterocycles. The fourth-order valence-electron chi connectivity index (χ4n) is 0.285. The van der Waals surface area contributed by atoms with Crippen molar-refractivity contribution in [2.45, 2.75) is 51.0 Å². The maximum atomic E-state index is 11.7. The van der Waals surface area contributed by atoms with E-state index in [4.69, 9.17) is 0 Å². The first-order valence-corrected chi connectivity index (χ1v) is 8.72. The van der Waals surface area contributed by atoms with Crippen LogP contribution >= 0.6 is 9.83 Å². The Labute approximate surface area is 92.2 Å². The van der Waals surface area contributed by atoms with Gasteiger partial charge in [0.05, 0.1) is 14.6 Å². The van der Waals surface area contributed by atoms with Crippen LogP contribution in [0, 0.1) is 0 Å². The van der Waals surface area contributed by atoms with Gasteiger partial charge in [0.2, 0.25) is 8.87 Å². The summed E-state index contributed by atoms with van der Waals surface area (Å²) < 4.78 is 33.6. The van der Waals surface area contributed by atoms with E-state index in [1.165, 1.54) is 0 Å². The van der Waals surface area contributed by atoms with Gasteiger partial charge >= 0.3 is 0 Å². The van der Waals surface area contributed by atoms with Gasteiger partial charge in [-0.15, -0.1) is 0 Å². The van der Waals surface area contributed by atoms with Crippen LogP contribution in [-0.2, 0) is 18.7 Å². The molecule has 0 saturated carbocycles. The predicted molar refractivity (Wildman–Crippen MR) is 64.2 cm³/mol. The summed E-state index contributed by atoms with van der Waals surface area (Å²) in [7, 11) is -4.23. The van der Waals surface area contributed by atoms with Crippen molar-refractivity contribution in [2.75, 3.05) is 0 Å². The summed E-state index contributed by atoms with van der Waals surface area (Å²) in [6.07, 6.45) is 0. The third kappa shape index (κ3) is 3.90. The van der Waals surface area contributed by atoms with E-state index in [2.05, 4.69) is 0 Å². The summed E-state index contributed by atoms with van der Waals surface area (Å²) in [5.41, 5.74) is 0. The SMILES string of the molecule is CC(C)(C)S(=O)SS(=O)(=O)C(C)(C)C. The van der Waals surface area contributed by atoms with Crippen LogP contribution in [0.15, 0.2) is 0 Å². The number of rotatable bonds is 2. The largest absolute Gasteiger partial charge is 0.246 e. The predicted octanol–water partition coefficient (Wildman–Crippen LogP) is 2.31. The van der Waals surface area contributed by atoms with E-state index in [0.717, 1.165) is 0 Å². The topological polar surface area (TPSA) is 51.2 Å². The standard InChI is InChI=1S/C8H18O3S3/c1-7(2,3)13(9)12-14(10,11)8(4,5)6/h1-6H3. The second kappa shape index (κ2) is 4.14. The highest BCUT2D eigenvalue weighted by molar-refractivity contribution is 9.03. The third-order valence-electron chi connectivity index (χ3n) is 1.40. The molecule has 86 valence electrons. The molecule has 0 amide bonds. The zero-order valence-electron chi connectivity index (χ0n) is 9.45. The Morgan fingerprint density at radius 1 is 1.00 bits per heavy atom. The molecule has 0 rings (SSSR count). The summed E-state index contributed by atoms with van der Waals surface area (Å²) in [5.74, 6) is 0. The highest BCUT2D eigenvalue weighted by Crippen LogP contribution is 2.34. The Kier molecular flexibility index (Phi) is 4.27. The molecule has 0 N–H and O–H groups in total. The minimum atomic E-state index is -3.36. The maximum absolute atomic E-state index is 11.7. The van der Waals surface area contributed by atoms with Crippen LogP contribution in [-0.4, -0.2) is 22.1 Å². The first kappa shape index (κ1) is 14.5. The summed E-state index contributed by atoms with van der Waals surface area (Å²) >= 11 is 0. The summed E-state index contributed by atoms with van der Waals surface area (Å²) in [5, 5.41) is 0. The Bertz CT molecular complexity index is 317. The van der Waals surface area contributed by atoms with Crippen molar-refractivity contribution in [1.82, 2.24) is 0 Å². The van der Waals surface area contributed by atoms with Gasteiger partial charge in [0, 0.05) is 4.75 Å². The zero-order valence-corrected chi connectivity index (χ0v) is 11.9. The van der Waals surface area contributed by atoms with Crippen molar-refractivity contribution in [3.8, 4) is 0 Å². The molecule has 0 bridgehead atoms. The van der Waals surface area contributed by atoms with E-state index >= 15 is 0 Å². The monoisotopic (exact) mass is 258 g/mol. The molecule has 1 atom stereocenters. The normalized spacial score (nSPS) is 16.7. The molecule has 0 saturated heterocycles. The molecule has 0 radical (unpaired) electrons. The Hall–Kier alpha value is 0.450. The van der Waals surface area contributed by atoms with Gasteiger partial charge in [-0.25, -0.2) is 12.6 Å². The average molecular weight is 258 g/mol. The van der Waals surface area contributed by atoms with E-state index in [1.54, 1.807) is 41.5 Å². The fraction of sp³-hybridized carbons (Fsp3) is 1.00. The average Bonchev–Trinajstić information content (AvgIpc) is 1.80. The first-order chi connectivity index (χ1) is 5.88. The lowest BCUT2D eigenvalue weighted by molar-refractivity contribution is 0.577. The van der Waals surface area contributed by atoms with Crippen molar-refractivity contribution in [2.24, 2.45) is 0 Å². The van der Waals surface area contributed by atoms with Gasteiger partial charge in [-0.2, -0.15) is 0 Å². The summed E-state index contributed by atoms with van der Waals surface area (Å²) in [4.78, 5) is 0. The van der Waals surface area contributed by atoms with Crippen molar-refractivity contribution in [3.63, 3.8) is 0 Å². The van der Waals surface area contributed by atoms with Crippen molar-refractivity contribution >= 4 is 28.5 Å². The van der Waals surface area contributed by atoms with Gasteiger partial charge in [0.1, 0.15) is 9.83 Å². The van der Waals surface area contributed by atoms with Crippen molar-refractivity contribution < 1.29 is 12.6 Å². The summed E-state index contributed by atoms with van der Waals surface area (Å²) in [6, 6.07) is 0. The van der Waals surface area contributed by atoms with Gasteiger partial charge in [0.25, 0.3) is 0 Å². The third-order valence-corrected chi connectivity index (χ3v) is 10.8. The van der Waals surface area contributed by atoms with Gasteiger partial charge in [-0.1, -0.05) is 0 Å². The molecule has 1 unspecified atom stereocenters. The fourth-order valence-corrected chi connectivity index (χ4v) is 7.71. The van der Waals surface area contributed by atoms with Gasteiger partial charge in [-0.05, 0) is 41.5 Å². The van der Waals surface area contributed by atoms with E-state index in [-0.39, 0.29) is 0 Å². The van der Waals surface area contributed by atoms with Crippen LogP contribution in [0.25, 0.3) is 0 Å². The van der Waals surface area contributed by atoms with Crippen LogP contribution in [0.5, 0.6) is 0 Å². The van der Waals surface area contributed by atoms with Gasteiger partial charge in [0.15, 0.2) is 0 Å². The van der Waals surface area contributed by atoms with Crippen LogP contribution in [0.4, 0.5) is 0 Å². The Morgan fingerprint density at radius 3 is 1.57 bits per heavy atom. The molecule has 6 heteroatoms. The zero-order chi connectivity index (χ0) is 11.8. The molecular weight excluding hydrogens is 240 g/mol. The summed E-state index contributed by atoms with van der Waals surface area (Å²) in [6.45, 7) is 10.1. The first-order valence-electron chi connectivity index (χ1n) is 4.24. The number of hydrogen-bond donors (Lipinski definition) is 0. The Morgan fingerprint density at radius 2 is 1.36 bits per heavy atom.